The van der Waals surface area contributed by atoms with E-state index in [1.807, 2.05) is 56.3 Å². The predicted molar refractivity (Wildman–Crippen MR) is 168 cm³/mol. The zero-order chi connectivity index (χ0) is 29.2. The number of benzene rings is 4. The molecule has 0 radical (unpaired) electrons. The largest absolute Gasteiger partial charge is 0.325 e. The third kappa shape index (κ3) is 8.83. The molecule has 0 aromatic heterocycles. The van der Waals surface area contributed by atoms with E-state index in [0.29, 0.717) is 28.4 Å². The van der Waals surface area contributed by atoms with Crippen molar-refractivity contribution in [3.05, 3.63) is 131 Å². The van der Waals surface area contributed by atoms with Gasteiger partial charge in [0.2, 0.25) is 5.91 Å². The molecule has 0 aliphatic carbocycles. The molecule has 208 valence electrons. The lowest BCUT2D eigenvalue weighted by Gasteiger charge is -2.16. The molecule has 0 aliphatic heterocycles. The summed E-state index contributed by atoms with van der Waals surface area (Å²) in [6.07, 6.45) is 2.25. The lowest BCUT2D eigenvalue weighted by molar-refractivity contribution is -0.116. The maximum Gasteiger partial charge on any atom is 0.272 e. The Kier molecular flexibility index (Phi) is 10.4. The van der Waals surface area contributed by atoms with Crippen molar-refractivity contribution in [2.45, 2.75) is 30.4 Å². The number of thioether (sulfide) groups is 1. The van der Waals surface area contributed by atoms with Crippen LogP contribution in [0.2, 0.25) is 5.02 Å². The summed E-state index contributed by atoms with van der Waals surface area (Å²) in [5.41, 5.74) is 3.53. The Balaban J connectivity index is 1.50. The molecule has 0 saturated carbocycles. The van der Waals surface area contributed by atoms with Crippen LogP contribution < -0.4 is 16.0 Å². The minimum atomic E-state index is -0.469. The normalized spacial score (nSPS) is 11.8. The van der Waals surface area contributed by atoms with Crippen LogP contribution in [0.1, 0.15) is 34.8 Å². The van der Waals surface area contributed by atoms with Crippen LogP contribution >= 0.6 is 23.4 Å². The molecule has 4 rings (SSSR count). The van der Waals surface area contributed by atoms with Crippen LogP contribution in [0.3, 0.4) is 0 Å². The molecule has 0 spiro atoms. The summed E-state index contributed by atoms with van der Waals surface area (Å²) < 4.78 is 0. The molecule has 1 atom stereocenters. The molecule has 0 heterocycles. The van der Waals surface area contributed by atoms with Crippen LogP contribution in [0.5, 0.6) is 0 Å². The number of carbonyl (C=O) groups is 3. The lowest BCUT2D eigenvalue weighted by atomic mass is 10.1. The molecule has 0 saturated heterocycles. The average Bonchev–Trinajstić information content (AvgIpc) is 2.96. The van der Waals surface area contributed by atoms with Crippen LogP contribution in [-0.2, 0) is 9.59 Å². The highest BCUT2D eigenvalue weighted by molar-refractivity contribution is 8.00. The van der Waals surface area contributed by atoms with E-state index >= 15 is 0 Å². The first-order valence-electron chi connectivity index (χ1n) is 13.1. The molecule has 0 fully saturated rings. The van der Waals surface area contributed by atoms with Gasteiger partial charge in [-0.1, -0.05) is 78.7 Å². The predicted octanol–water partition coefficient (Wildman–Crippen LogP) is 7.57. The van der Waals surface area contributed by atoms with Gasteiger partial charge in [0.05, 0.1) is 5.25 Å². The zero-order valence-corrected chi connectivity index (χ0v) is 24.3. The highest BCUT2D eigenvalue weighted by Gasteiger charge is 2.19. The van der Waals surface area contributed by atoms with Gasteiger partial charge in [0.15, 0.2) is 0 Å². The van der Waals surface area contributed by atoms with E-state index in [0.717, 1.165) is 16.0 Å². The molecule has 8 heteroatoms. The molecule has 0 bridgehead atoms. The summed E-state index contributed by atoms with van der Waals surface area (Å²) in [6, 6.07) is 30.7. The minimum Gasteiger partial charge on any atom is -0.325 e. The third-order valence-electron chi connectivity index (χ3n) is 6.01. The van der Waals surface area contributed by atoms with E-state index in [2.05, 4.69) is 16.0 Å². The second-order valence-electron chi connectivity index (χ2n) is 9.29. The van der Waals surface area contributed by atoms with Gasteiger partial charge >= 0.3 is 0 Å². The Morgan fingerprint density at radius 1 is 0.829 bits per heavy atom. The summed E-state index contributed by atoms with van der Waals surface area (Å²) in [6.45, 7) is 3.90. The Morgan fingerprint density at radius 2 is 1.54 bits per heavy atom. The van der Waals surface area contributed by atoms with Crippen molar-refractivity contribution in [2.24, 2.45) is 0 Å². The number of halogens is 1. The quantitative estimate of drug-likeness (QED) is 0.133. The van der Waals surface area contributed by atoms with Gasteiger partial charge in [0.25, 0.3) is 11.8 Å². The smallest absolute Gasteiger partial charge is 0.272 e. The van der Waals surface area contributed by atoms with Crippen molar-refractivity contribution in [1.82, 2.24) is 5.32 Å². The first kappa shape index (κ1) is 29.6. The van der Waals surface area contributed by atoms with Crippen LogP contribution in [0.25, 0.3) is 6.08 Å². The van der Waals surface area contributed by atoms with Crippen molar-refractivity contribution in [3.63, 3.8) is 0 Å². The summed E-state index contributed by atoms with van der Waals surface area (Å²) in [4.78, 5) is 40.1. The van der Waals surface area contributed by atoms with Crippen molar-refractivity contribution in [2.75, 3.05) is 10.6 Å². The summed E-state index contributed by atoms with van der Waals surface area (Å²) >= 11 is 7.45. The Morgan fingerprint density at radius 3 is 2.24 bits per heavy atom. The van der Waals surface area contributed by atoms with Gasteiger partial charge in [0.1, 0.15) is 5.70 Å². The molecule has 3 N–H and O–H groups in total. The fourth-order valence-corrected chi connectivity index (χ4v) is 5.19. The molecule has 4 aromatic rings. The second kappa shape index (κ2) is 14.3. The Bertz CT molecular complexity index is 1570. The second-order valence-corrected chi connectivity index (χ2v) is 11.0. The highest BCUT2D eigenvalue weighted by Crippen LogP contribution is 2.29. The van der Waals surface area contributed by atoms with Gasteiger partial charge in [-0.2, -0.15) is 0 Å². The van der Waals surface area contributed by atoms with Crippen LogP contribution in [0.15, 0.2) is 114 Å². The van der Waals surface area contributed by atoms with Crippen LogP contribution in [0, 0.1) is 6.92 Å². The van der Waals surface area contributed by atoms with Crippen molar-refractivity contribution in [1.29, 1.82) is 0 Å². The standard InChI is InChI=1S/C33H30ClN3O3S/c1-3-30(33(40)36-26-15-8-14-25(34)20-26)41-28-17-9-16-27(21-28)35-32(39)29(19-23-11-7-10-22(2)18-23)37-31(38)24-12-5-4-6-13-24/h4-21,30H,3H2,1-2H3,(H,35,39)(H,36,40)(H,37,38)/b29-19+. The summed E-state index contributed by atoms with van der Waals surface area (Å²) in [5.74, 6) is -0.995. The van der Waals surface area contributed by atoms with E-state index in [-0.39, 0.29) is 22.8 Å². The number of carbonyl (C=O) groups excluding carboxylic acids is 3. The van der Waals surface area contributed by atoms with Crippen LogP contribution in [0.4, 0.5) is 11.4 Å². The van der Waals surface area contributed by atoms with Gasteiger partial charge < -0.3 is 16.0 Å². The van der Waals surface area contributed by atoms with Crippen LogP contribution in [-0.4, -0.2) is 23.0 Å². The number of hydrogen-bond acceptors (Lipinski definition) is 4. The number of aryl methyl sites for hydroxylation is 1. The number of nitrogens with one attached hydrogen (secondary N) is 3. The van der Waals surface area contributed by atoms with E-state index in [1.165, 1.54) is 11.8 Å². The molecule has 3 amide bonds. The Hall–Kier alpha value is -4.33. The third-order valence-corrected chi connectivity index (χ3v) is 7.60. The first-order chi connectivity index (χ1) is 19.8. The van der Waals surface area contributed by atoms with E-state index < -0.39 is 5.91 Å². The van der Waals surface area contributed by atoms with Gasteiger partial charge in [-0.05, 0) is 73.5 Å². The lowest BCUT2D eigenvalue weighted by Crippen LogP contribution is -2.30. The molecule has 0 aliphatic rings. The highest BCUT2D eigenvalue weighted by atomic mass is 35.5. The van der Waals surface area contributed by atoms with Gasteiger partial charge in [-0.3, -0.25) is 14.4 Å². The average molecular weight is 584 g/mol. The van der Waals surface area contributed by atoms with Gasteiger partial charge in [0, 0.05) is 26.9 Å². The molecule has 1 unspecified atom stereocenters. The SMILES string of the molecule is CCC(Sc1cccc(NC(=O)/C(=C\c2cccc(C)c2)NC(=O)c2ccccc2)c1)C(=O)Nc1cccc(Cl)c1. The van der Waals surface area contributed by atoms with E-state index in [9.17, 15) is 14.4 Å². The Labute approximate surface area is 249 Å². The van der Waals surface area contributed by atoms with Crippen molar-refractivity contribution in [3.8, 4) is 0 Å². The number of hydrogen-bond donors (Lipinski definition) is 3. The fraction of sp³-hybridized carbons (Fsp3) is 0.121. The van der Waals surface area contributed by atoms with E-state index in [1.54, 1.807) is 66.7 Å². The number of amides is 3. The monoisotopic (exact) mass is 583 g/mol. The van der Waals surface area contributed by atoms with Gasteiger partial charge in [-0.15, -0.1) is 11.8 Å². The molecule has 4 aromatic carbocycles. The zero-order valence-electron chi connectivity index (χ0n) is 22.7. The first-order valence-corrected chi connectivity index (χ1v) is 14.4. The number of anilines is 2. The topological polar surface area (TPSA) is 87.3 Å². The van der Waals surface area contributed by atoms with Crippen molar-refractivity contribution >= 4 is 58.5 Å². The molecule has 41 heavy (non-hydrogen) atoms. The summed E-state index contributed by atoms with van der Waals surface area (Å²) in [7, 11) is 0. The van der Waals surface area contributed by atoms with Gasteiger partial charge in [-0.25, -0.2) is 0 Å². The number of rotatable bonds is 10. The van der Waals surface area contributed by atoms with Crippen molar-refractivity contribution < 1.29 is 14.4 Å². The minimum absolute atomic E-state index is 0.106. The summed E-state index contributed by atoms with van der Waals surface area (Å²) in [5, 5.41) is 8.75. The molecular weight excluding hydrogens is 554 g/mol. The maximum atomic E-state index is 13.4. The van der Waals surface area contributed by atoms with E-state index in [4.69, 9.17) is 11.6 Å². The maximum absolute atomic E-state index is 13.4. The molecular formula is C33H30ClN3O3S. The fourth-order valence-electron chi connectivity index (χ4n) is 3.99. The molecule has 6 nitrogen and oxygen atoms in total.